The van der Waals surface area contributed by atoms with Gasteiger partial charge in [-0.1, -0.05) is 17.7 Å². The molecular formula is C16H12ClF3N4O2. The van der Waals surface area contributed by atoms with Crippen molar-refractivity contribution >= 4 is 11.6 Å². The van der Waals surface area contributed by atoms with Crippen LogP contribution in [0.1, 0.15) is 11.4 Å². The van der Waals surface area contributed by atoms with E-state index in [1.807, 2.05) is 0 Å². The molecule has 0 fully saturated rings. The summed E-state index contributed by atoms with van der Waals surface area (Å²) in [6, 6.07) is 7.41. The summed E-state index contributed by atoms with van der Waals surface area (Å²) in [4.78, 5) is 16.4. The fraction of sp³-hybridized carbons (Fsp3) is 0.188. The summed E-state index contributed by atoms with van der Waals surface area (Å²) >= 11 is 5.91. The highest BCUT2D eigenvalue weighted by atomic mass is 35.5. The fourth-order valence-electron chi connectivity index (χ4n) is 2.39. The van der Waals surface area contributed by atoms with Gasteiger partial charge in [-0.15, -0.1) is 5.10 Å². The quantitative estimate of drug-likeness (QED) is 0.694. The van der Waals surface area contributed by atoms with Gasteiger partial charge in [0, 0.05) is 12.3 Å². The van der Waals surface area contributed by atoms with Crippen molar-refractivity contribution in [1.82, 2.24) is 19.3 Å². The number of aryl methyl sites for hydroxylation is 1. The maximum absolute atomic E-state index is 12.7. The van der Waals surface area contributed by atoms with Gasteiger partial charge >= 0.3 is 11.9 Å². The zero-order valence-electron chi connectivity index (χ0n) is 13.6. The molecule has 10 heteroatoms. The third-order valence-electron chi connectivity index (χ3n) is 3.60. The molecule has 3 aromatic rings. The van der Waals surface area contributed by atoms with Crippen molar-refractivity contribution in [2.45, 2.75) is 13.1 Å². The largest absolute Gasteiger partial charge is 0.497 e. The van der Waals surface area contributed by atoms with Crippen molar-refractivity contribution in [1.29, 1.82) is 0 Å². The summed E-state index contributed by atoms with van der Waals surface area (Å²) in [5, 5.41) is 3.73. The number of alkyl halides is 3. The first-order chi connectivity index (χ1) is 12.2. The molecule has 0 aliphatic rings. The Kier molecular flexibility index (Phi) is 4.49. The van der Waals surface area contributed by atoms with Crippen LogP contribution in [0.15, 0.2) is 41.3 Å². The molecule has 2 aromatic heterocycles. The highest BCUT2D eigenvalue weighted by molar-refractivity contribution is 6.32. The molecule has 0 atom stereocenters. The molecule has 6 nitrogen and oxygen atoms in total. The molecule has 26 heavy (non-hydrogen) atoms. The van der Waals surface area contributed by atoms with Gasteiger partial charge in [-0.25, -0.2) is 14.3 Å². The number of nitrogens with zero attached hydrogens (tertiary/aromatic N) is 4. The summed E-state index contributed by atoms with van der Waals surface area (Å²) < 4.78 is 45.5. The van der Waals surface area contributed by atoms with E-state index in [4.69, 9.17) is 16.3 Å². The van der Waals surface area contributed by atoms with Crippen LogP contribution in [0.4, 0.5) is 13.2 Å². The van der Waals surface area contributed by atoms with Crippen LogP contribution in [0.25, 0.3) is 11.5 Å². The SMILES string of the molecule is COc1cccc(-n2c(C)nn(-c3ncc(C(F)(F)F)cc3Cl)c2=O)c1. The smallest absolute Gasteiger partial charge is 0.417 e. The maximum atomic E-state index is 12.7. The van der Waals surface area contributed by atoms with Crippen LogP contribution in [-0.4, -0.2) is 26.4 Å². The molecule has 0 amide bonds. The van der Waals surface area contributed by atoms with E-state index in [-0.39, 0.29) is 10.8 Å². The van der Waals surface area contributed by atoms with E-state index in [1.165, 1.54) is 11.7 Å². The topological polar surface area (TPSA) is 61.9 Å². The third-order valence-corrected chi connectivity index (χ3v) is 3.88. The highest BCUT2D eigenvalue weighted by Crippen LogP contribution is 2.31. The van der Waals surface area contributed by atoms with Crippen molar-refractivity contribution in [3.63, 3.8) is 0 Å². The fourth-order valence-corrected chi connectivity index (χ4v) is 2.64. The summed E-state index contributed by atoms with van der Waals surface area (Å²) in [6.45, 7) is 1.58. The van der Waals surface area contributed by atoms with Crippen LogP contribution in [0, 0.1) is 6.92 Å². The average Bonchev–Trinajstić information content (AvgIpc) is 2.88. The number of ether oxygens (including phenoxy) is 1. The predicted molar refractivity (Wildman–Crippen MR) is 88.3 cm³/mol. The van der Waals surface area contributed by atoms with Gasteiger partial charge in [-0.3, -0.25) is 0 Å². The maximum Gasteiger partial charge on any atom is 0.417 e. The first-order valence-electron chi connectivity index (χ1n) is 7.28. The first-order valence-corrected chi connectivity index (χ1v) is 7.66. The van der Waals surface area contributed by atoms with E-state index in [1.54, 1.807) is 31.2 Å². The lowest BCUT2D eigenvalue weighted by Gasteiger charge is -2.08. The Labute approximate surface area is 150 Å². The highest BCUT2D eigenvalue weighted by Gasteiger charge is 2.32. The van der Waals surface area contributed by atoms with E-state index in [2.05, 4.69) is 10.1 Å². The molecular weight excluding hydrogens is 373 g/mol. The molecule has 1 aromatic carbocycles. The summed E-state index contributed by atoms with van der Waals surface area (Å²) in [5.74, 6) is 0.655. The zero-order valence-corrected chi connectivity index (χ0v) is 14.3. The molecule has 3 rings (SSSR count). The van der Waals surface area contributed by atoms with Gasteiger partial charge in [0.05, 0.1) is 23.4 Å². The van der Waals surface area contributed by atoms with Crippen LogP contribution in [0.5, 0.6) is 5.75 Å². The number of hydrogen-bond donors (Lipinski definition) is 0. The number of halogens is 4. The molecule has 136 valence electrons. The molecule has 0 bridgehead atoms. The third kappa shape index (κ3) is 3.17. The van der Waals surface area contributed by atoms with Gasteiger partial charge in [-0.05, 0) is 25.1 Å². The second-order valence-electron chi connectivity index (χ2n) is 5.31. The van der Waals surface area contributed by atoms with Crippen molar-refractivity contribution in [3.05, 3.63) is 63.4 Å². The lowest BCUT2D eigenvalue weighted by atomic mass is 10.3. The summed E-state index contributed by atoms with van der Waals surface area (Å²) in [6.07, 6.45) is -3.98. The van der Waals surface area contributed by atoms with E-state index in [9.17, 15) is 18.0 Å². The standard InChI is InChI=1S/C16H12ClF3N4O2/c1-9-22-24(14-13(17)6-10(8-21-14)16(18,19)20)15(25)23(9)11-4-3-5-12(7-11)26-2/h3-8H,1-2H3. The van der Waals surface area contributed by atoms with Gasteiger partial charge in [0.25, 0.3) is 0 Å². The van der Waals surface area contributed by atoms with E-state index < -0.39 is 17.4 Å². The lowest BCUT2D eigenvalue weighted by molar-refractivity contribution is -0.137. The molecule has 0 aliphatic carbocycles. The Hall–Kier alpha value is -2.81. The van der Waals surface area contributed by atoms with Gasteiger partial charge < -0.3 is 4.74 Å². The zero-order chi connectivity index (χ0) is 19.1. The minimum Gasteiger partial charge on any atom is -0.497 e. The van der Waals surface area contributed by atoms with Crippen LogP contribution in [-0.2, 0) is 6.18 Å². The first kappa shape index (κ1) is 18.0. The number of benzene rings is 1. The number of pyridine rings is 1. The van der Waals surface area contributed by atoms with Crippen LogP contribution in [0.2, 0.25) is 5.02 Å². The van der Waals surface area contributed by atoms with Crippen molar-refractivity contribution in [2.24, 2.45) is 0 Å². The Morgan fingerprint density at radius 3 is 2.58 bits per heavy atom. The minimum atomic E-state index is -4.59. The molecule has 0 N–H and O–H groups in total. The van der Waals surface area contributed by atoms with E-state index in [0.29, 0.717) is 29.5 Å². The van der Waals surface area contributed by atoms with Crippen molar-refractivity contribution < 1.29 is 17.9 Å². The lowest BCUT2D eigenvalue weighted by Crippen LogP contribution is -2.24. The second-order valence-corrected chi connectivity index (χ2v) is 5.71. The Morgan fingerprint density at radius 1 is 1.23 bits per heavy atom. The molecule has 0 saturated carbocycles. The van der Waals surface area contributed by atoms with Gasteiger partial charge in [-0.2, -0.15) is 17.9 Å². The molecule has 0 unspecified atom stereocenters. The molecule has 0 radical (unpaired) electrons. The second kappa shape index (κ2) is 6.49. The van der Waals surface area contributed by atoms with Crippen LogP contribution >= 0.6 is 11.6 Å². The van der Waals surface area contributed by atoms with E-state index in [0.717, 1.165) is 4.68 Å². The normalized spacial score (nSPS) is 11.6. The number of rotatable bonds is 3. The Morgan fingerprint density at radius 2 is 1.96 bits per heavy atom. The van der Waals surface area contributed by atoms with Crippen LogP contribution in [0.3, 0.4) is 0 Å². The molecule has 0 spiro atoms. The summed E-state index contributed by atoms with van der Waals surface area (Å²) in [5.41, 5.74) is -1.14. The van der Waals surface area contributed by atoms with Crippen molar-refractivity contribution in [3.8, 4) is 17.3 Å². The predicted octanol–water partition coefficient (Wildman–Crippen LogP) is 3.41. The number of aromatic nitrogens is 4. The number of hydrogen-bond acceptors (Lipinski definition) is 4. The number of methoxy groups -OCH3 is 1. The van der Waals surface area contributed by atoms with Gasteiger partial charge in [0.15, 0.2) is 5.82 Å². The molecule has 0 aliphatic heterocycles. The van der Waals surface area contributed by atoms with Gasteiger partial charge in [0.2, 0.25) is 0 Å². The van der Waals surface area contributed by atoms with Crippen LogP contribution < -0.4 is 10.4 Å². The molecule has 0 saturated heterocycles. The Balaban J connectivity index is 2.13. The molecule has 2 heterocycles. The van der Waals surface area contributed by atoms with E-state index >= 15 is 0 Å². The van der Waals surface area contributed by atoms with Crippen molar-refractivity contribution in [2.75, 3.05) is 7.11 Å². The summed E-state index contributed by atoms with van der Waals surface area (Å²) in [7, 11) is 1.49. The minimum absolute atomic E-state index is 0.186. The van der Waals surface area contributed by atoms with Gasteiger partial charge in [0.1, 0.15) is 11.6 Å². The monoisotopic (exact) mass is 384 g/mol. The average molecular weight is 385 g/mol. The Bertz CT molecular complexity index is 1030.